The molecule has 0 aromatic carbocycles. The van der Waals surface area contributed by atoms with Crippen molar-refractivity contribution in [3.8, 4) is 11.8 Å². The molecule has 0 aliphatic carbocycles. The molecule has 30 heavy (non-hydrogen) atoms. The molecule has 6 rings (SSSR count). The summed E-state index contributed by atoms with van der Waals surface area (Å²) in [6.07, 6.45) is 21.0. The predicted molar refractivity (Wildman–Crippen MR) is 114 cm³/mol. The Morgan fingerprint density at radius 1 is 0.833 bits per heavy atom. The van der Waals surface area contributed by atoms with Gasteiger partial charge in [0.2, 0.25) is 0 Å². The molecule has 0 spiro atoms. The number of oxazole rings is 2. The smallest absolute Gasteiger partial charge is 0.197 e. The summed E-state index contributed by atoms with van der Waals surface area (Å²) >= 11 is 0. The fourth-order valence-electron chi connectivity index (χ4n) is 5.73. The highest BCUT2D eigenvalue weighted by Gasteiger charge is 2.43. The van der Waals surface area contributed by atoms with E-state index in [1.54, 1.807) is 12.4 Å². The van der Waals surface area contributed by atoms with Crippen LogP contribution in [0.1, 0.15) is 62.9 Å². The highest BCUT2D eigenvalue weighted by Crippen LogP contribution is 2.40. The van der Waals surface area contributed by atoms with Crippen LogP contribution in [0.4, 0.5) is 0 Å². The first-order valence-electron chi connectivity index (χ1n) is 11.3. The Hall–Kier alpha value is -2.36. The normalized spacial score (nSPS) is 24.3. The second-order valence-electron chi connectivity index (χ2n) is 8.88. The molecule has 0 radical (unpaired) electrons. The first kappa shape index (κ1) is 19.6. The van der Waals surface area contributed by atoms with Crippen LogP contribution < -0.4 is 0 Å². The van der Waals surface area contributed by atoms with Gasteiger partial charge in [-0.25, -0.2) is 9.97 Å². The van der Waals surface area contributed by atoms with Crippen LogP contribution in [-0.4, -0.2) is 57.0 Å². The summed E-state index contributed by atoms with van der Waals surface area (Å²) in [5.41, 5.74) is 0.500. The third-order valence-electron chi connectivity index (χ3n) is 7.21. The molecule has 6 heterocycles. The molecule has 0 atom stereocenters. The van der Waals surface area contributed by atoms with E-state index in [4.69, 9.17) is 8.83 Å². The van der Waals surface area contributed by atoms with Gasteiger partial charge in [0.25, 0.3) is 0 Å². The van der Waals surface area contributed by atoms with Crippen molar-refractivity contribution in [1.29, 1.82) is 0 Å². The average Bonchev–Trinajstić information content (AvgIpc) is 3.56. The van der Waals surface area contributed by atoms with Crippen LogP contribution in [0.3, 0.4) is 0 Å². The highest BCUT2D eigenvalue weighted by atomic mass is 16.3. The van der Waals surface area contributed by atoms with E-state index in [-0.39, 0.29) is 5.54 Å². The monoisotopic (exact) mass is 406 g/mol. The summed E-state index contributed by atoms with van der Waals surface area (Å²) in [7, 11) is 0. The summed E-state index contributed by atoms with van der Waals surface area (Å²) in [4.78, 5) is 12.9. The van der Waals surface area contributed by atoms with Gasteiger partial charge in [-0.05, 0) is 89.5 Å². The molecule has 0 N–H and O–H groups in total. The van der Waals surface area contributed by atoms with Crippen molar-refractivity contribution in [2.45, 2.75) is 62.4 Å². The van der Waals surface area contributed by atoms with Gasteiger partial charge in [-0.3, -0.25) is 9.80 Å². The molecule has 4 saturated heterocycles. The van der Waals surface area contributed by atoms with Crippen molar-refractivity contribution in [3.63, 3.8) is 0 Å². The van der Waals surface area contributed by atoms with Gasteiger partial charge < -0.3 is 8.83 Å². The lowest BCUT2D eigenvalue weighted by molar-refractivity contribution is 0.251. The van der Waals surface area contributed by atoms with E-state index in [2.05, 4.69) is 43.8 Å². The molecule has 2 aromatic rings. The van der Waals surface area contributed by atoms with E-state index in [1.165, 1.54) is 90.3 Å². The maximum atomic E-state index is 5.22. The van der Waals surface area contributed by atoms with Crippen molar-refractivity contribution < 1.29 is 8.83 Å². The lowest BCUT2D eigenvalue weighted by atomic mass is 9.93. The summed E-state index contributed by atoms with van der Waals surface area (Å²) < 4.78 is 10.4. The van der Waals surface area contributed by atoms with Gasteiger partial charge in [-0.1, -0.05) is 12.0 Å². The van der Waals surface area contributed by atoms with Crippen LogP contribution >= 0.6 is 0 Å². The van der Waals surface area contributed by atoms with Gasteiger partial charge in [0.15, 0.2) is 18.5 Å². The second-order valence-corrected chi connectivity index (χ2v) is 8.88. The van der Waals surface area contributed by atoms with Crippen LogP contribution in [0.25, 0.3) is 6.08 Å². The van der Waals surface area contributed by atoms with Gasteiger partial charge in [0.1, 0.15) is 5.76 Å². The molecule has 2 aromatic heterocycles. The Morgan fingerprint density at radius 3 is 2.17 bits per heavy atom. The number of rotatable bonds is 2. The Bertz CT molecular complexity index is 887. The molecule has 4 fully saturated rings. The Morgan fingerprint density at radius 2 is 1.50 bits per heavy atom. The molecule has 4 aliphatic rings. The minimum atomic E-state index is 0.160. The number of fused-ring (bicyclic) bond motifs is 2. The van der Waals surface area contributed by atoms with Crippen LogP contribution in [0.2, 0.25) is 0 Å². The van der Waals surface area contributed by atoms with Gasteiger partial charge in [-0.15, -0.1) is 0 Å². The standard InChI is InChI=1S/C12H16N2O.C12H14N2O/c2*1-4-12(5-2-8-14(12)7-1)6-3-11-9-13-10-15-11/h3,6,9-10H,1-2,4-5,7-8H2;9-10H,1-2,4-5,7-8H2. The third kappa shape index (κ3) is 3.84. The lowest BCUT2D eigenvalue weighted by Gasteiger charge is -2.28. The predicted octanol–water partition coefficient (Wildman–Crippen LogP) is 3.97. The molecule has 0 saturated carbocycles. The number of nitrogens with zero attached hydrogens (tertiary/aromatic N) is 4. The first-order valence-corrected chi connectivity index (χ1v) is 11.3. The second kappa shape index (κ2) is 8.41. The van der Waals surface area contributed by atoms with Crippen molar-refractivity contribution >= 4 is 6.08 Å². The molecule has 4 aliphatic heterocycles. The van der Waals surface area contributed by atoms with Gasteiger partial charge in [-0.2, -0.15) is 0 Å². The van der Waals surface area contributed by atoms with Crippen LogP contribution in [0.15, 0.2) is 40.1 Å². The maximum Gasteiger partial charge on any atom is 0.197 e. The lowest BCUT2D eigenvalue weighted by Crippen LogP contribution is -2.36. The molecular weight excluding hydrogens is 376 g/mol. The zero-order valence-electron chi connectivity index (χ0n) is 17.6. The Balaban J connectivity index is 0.000000128. The molecule has 158 valence electrons. The highest BCUT2D eigenvalue weighted by molar-refractivity contribution is 5.44. The van der Waals surface area contributed by atoms with Crippen molar-refractivity contribution in [1.82, 2.24) is 19.8 Å². The van der Waals surface area contributed by atoms with Crippen LogP contribution in [0.5, 0.6) is 0 Å². The first-order chi connectivity index (χ1) is 14.8. The fraction of sp³-hybridized carbons (Fsp3) is 0.583. The Labute approximate surface area is 178 Å². The minimum Gasteiger partial charge on any atom is -0.444 e. The number of hydrogen-bond donors (Lipinski definition) is 0. The SMILES string of the molecule is C(#CC12CCCN1CCC2)c1cnco1.C(=CC12CCCN1CCC2)c1cnco1. The molecule has 6 heteroatoms. The van der Waals surface area contributed by atoms with E-state index in [0.717, 1.165) is 5.76 Å². The quantitative estimate of drug-likeness (QED) is 0.704. The van der Waals surface area contributed by atoms with E-state index in [9.17, 15) is 0 Å². The van der Waals surface area contributed by atoms with Gasteiger partial charge in [0.05, 0.1) is 17.9 Å². The topological polar surface area (TPSA) is 58.5 Å². The van der Waals surface area contributed by atoms with E-state index < -0.39 is 0 Å². The largest absolute Gasteiger partial charge is 0.444 e. The van der Waals surface area contributed by atoms with Gasteiger partial charge >= 0.3 is 0 Å². The number of aromatic nitrogens is 2. The maximum absolute atomic E-state index is 5.22. The van der Waals surface area contributed by atoms with E-state index in [0.29, 0.717) is 11.3 Å². The molecule has 0 amide bonds. The fourth-order valence-corrected chi connectivity index (χ4v) is 5.73. The third-order valence-corrected chi connectivity index (χ3v) is 7.21. The Kier molecular flexibility index (Phi) is 5.49. The van der Waals surface area contributed by atoms with E-state index in [1.807, 2.05) is 0 Å². The van der Waals surface area contributed by atoms with Crippen LogP contribution in [0, 0.1) is 11.8 Å². The average molecular weight is 407 g/mol. The molecule has 6 nitrogen and oxygen atoms in total. The zero-order chi connectivity index (χ0) is 20.3. The summed E-state index contributed by atoms with van der Waals surface area (Å²) in [5.74, 6) is 8.06. The minimum absolute atomic E-state index is 0.160. The zero-order valence-corrected chi connectivity index (χ0v) is 17.6. The number of hydrogen-bond acceptors (Lipinski definition) is 6. The summed E-state index contributed by atoms with van der Waals surface area (Å²) in [5, 5.41) is 0. The van der Waals surface area contributed by atoms with Gasteiger partial charge in [0, 0.05) is 5.54 Å². The molecule has 0 bridgehead atoms. The summed E-state index contributed by atoms with van der Waals surface area (Å²) in [6, 6.07) is 0. The molecule has 0 unspecified atom stereocenters. The van der Waals surface area contributed by atoms with Crippen molar-refractivity contribution in [2.75, 3.05) is 26.2 Å². The van der Waals surface area contributed by atoms with E-state index >= 15 is 0 Å². The summed E-state index contributed by atoms with van der Waals surface area (Å²) in [6.45, 7) is 4.96. The van der Waals surface area contributed by atoms with Crippen molar-refractivity contribution in [2.24, 2.45) is 0 Å². The van der Waals surface area contributed by atoms with Crippen molar-refractivity contribution in [3.05, 3.63) is 42.8 Å². The van der Waals surface area contributed by atoms with Crippen LogP contribution in [-0.2, 0) is 0 Å². The molecular formula is C24H30N4O2.